The van der Waals surface area contributed by atoms with Crippen LogP contribution < -0.4 is 0 Å². The van der Waals surface area contributed by atoms with Crippen LogP contribution >= 0.6 is 0 Å². The van der Waals surface area contributed by atoms with Crippen LogP contribution in [0.2, 0.25) is 0 Å². The summed E-state index contributed by atoms with van der Waals surface area (Å²) < 4.78 is 0. The van der Waals surface area contributed by atoms with Gasteiger partial charge in [-0.25, -0.2) is 0 Å². The van der Waals surface area contributed by atoms with Crippen LogP contribution in [0, 0.1) is 5.41 Å². The molecule has 0 radical (unpaired) electrons. The van der Waals surface area contributed by atoms with Crippen LogP contribution in [0.15, 0.2) is 60.7 Å². The normalized spacial score (nSPS) is 11.2. The number of hydrogen-bond acceptors (Lipinski definition) is 3. The van der Waals surface area contributed by atoms with Gasteiger partial charge in [0.2, 0.25) is 0 Å². The minimum Gasteiger partial charge on any atom is -0.396 e. The lowest BCUT2D eigenvalue weighted by molar-refractivity contribution is 0.0666. The van der Waals surface area contributed by atoms with Crippen LogP contribution in [0.25, 0.3) is 0 Å². The second kappa shape index (κ2) is 7.84. The van der Waals surface area contributed by atoms with Crippen molar-refractivity contribution in [3.05, 3.63) is 71.8 Å². The van der Waals surface area contributed by atoms with E-state index in [4.69, 9.17) is 5.11 Å². The minimum absolute atomic E-state index is 0.0646. The molecular weight excluding hydrogens is 288 g/mol. The van der Waals surface area contributed by atoms with Crippen molar-refractivity contribution in [1.82, 2.24) is 0 Å². The summed E-state index contributed by atoms with van der Waals surface area (Å²) in [5.74, 6) is -0.324. The second-order valence-corrected chi connectivity index (χ2v) is 5.90. The van der Waals surface area contributed by atoms with Gasteiger partial charge in [-0.05, 0) is 26.2 Å². The summed E-state index contributed by atoms with van der Waals surface area (Å²) in [5.41, 5.74) is -0.0238. The Bertz CT molecular complexity index is 596. The molecule has 2 aromatic rings. The number of carbonyl (C=O) groups is 2. The van der Waals surface area contributed by atoms with Crippen LogP contribution in [0.4, 0.5) is 0 Å². The van der Waals surface area contributed by atoms with E-state index in [9.17, 15) is 9.59 Å². The zero-order chi connectivity index (χ0) is 16.7. The molecule has 2 rings (SSSR count). The molecule has 120 valence electrons. The maximum absolute atomic E-state index is 13.0. The molecule has 3 nitrogen and oxygen atoms in total. The fourth-order valence-electron chi connectivity index (χ4n) is 2.74. The predicted octanol–water partition coefficient (Wildman–Crippen LogP) is 3.92. The van der Waals surface area contributed by atoms with Crippen LogP contribution in [-0.4, -0.2) is 23.3 Å². The SMILES string of the molecule is CC(CCCCO)(C(=O)c1ccccc1)C(=O)c1ccccc1. The topological polar surface area (TPSA) is 54.4 Å². The van der Waals surface area contributed by atoms with E-state index < -0.39 is 5.41 Å². The van der Waals surface area contributed by atoms with Crippen molar-refractivity contribution in [2.24, 2.45) is 5.41 Å². The van der Waals surface area contributed by atoms with Gasteiger partial charge in [-0.2, -0.15) is 0 Å². The summed E-state index contributed by atoms with van der Waals surface area (Å²) >= 11 is 0. The molecule has 0 fully saturated rings. The van der Waals surface area contributed by atoms with Crippen LogP contribution in [-0.2, 0) is 0 Å². The summed E-state index contributed by atoms with van der Waals surface area (Å²) in [6.45, 7) is 1.78. The number of ketones is 2. The Morgan fingerprint density at radius 2 is 1.26 bits per heavy atom. The molecule has 0 aliphatic carbocycles. The van der Waals surface area contributed by atoms with Crippen molar-refractivity contribution in [2.45, 2.75) is 26.2 Å². The number of benzene rings is 2. The molecule has 23 heavy (non-hydrogen) atoms. The lowest BCUT2D eigenvalue weighted by Gasteiger charge is -2.27. The van der Waals surface area contributed by atoms with Crippen molar-refractivity contribution < 1.29 is 14.7 Å². The number of aliphatic hydroxyl groups is 1. The Hall–Kier alpha value is -2.26. The van der Waals surface area contributed by atoms with E-state index in [2.05, 4.69) is 0 Å². The summed E-state index contributed by atoms with van der Waals surface area (Å²) in [6.07, 6.45) is 1.64. The Balaban J connectivity index is 2.35. The highest BCUT2D eigenvalue weighted by atomic mass is 16.3. The average Bonchev–Trinajstić information content (AvgIpc) is 2.62. The van der Waals surface area contributed by atoms with Crippen molar-refractivity contribution in [3.8, 4) is 0 Å². The van der Waals surface area contributed by atoms with E-state index in [1.54, 1.807) is 55.5 Å². The van der Waals surface area contributed by atoms with E-state index in [1.165, 1.54) is 0 Å². The second-order valence-electron chi connectivity index (χ2n) is 5.90. The maximum Gasteiger partial charge on any atom is 0.176 e. The number of rotatable bonds is 8. The van der Waals surface area contributed by atoms with Gasteiger partial charge in [0.1, 0.15) is 0 Å². The monoisotopic (exact) mass is 310 g/mol. The number of Topliss-reactive ketones (excluding diaryl/α,β-unsaturated/α-hetero) is 2. The standard InChI is InChI=1S/C20H22O3/c1-20(14-8-9-15-21,18(22)16-10-4-2-5-11-16)19(23)17-12-6-3-7-13-17/h2-7,10-13,21H,8-9,14-15H2,1H3. The Morgan fingerprint density at radius 3 is 1.65 bits per heavy atom. The first-order valence-electron chi connectivity index (χ1n) is 7.90. The van der Waals surface area contributed by atoms with Crippen LogP contribution in [0.1, 0.15) is 46.9 Å². The van der Waals surface area contributed by atoms with Gasteiger partial charge < -0.3 is 5.11 Å². The summed E-state index contributed by atoms with van der Waals surface area (Å²) in [4.78, 5) is 26.0. The number of aliphatic hydroxyl groups excluding tert-OH is 1. The van der Waals surface area contributed by atoms with Gasteiger partial charge in [-0.1, -0.05) is 60.7 Å². The van der Waals surface area contributed by atoms with Crippen molar-refractivity contribution >= 4 is 11.6 Å². The highest BCUT2D eigenvalue weighted by Gasteiger charge is 2.40. The molecule has 0 unspecified atom stereocenters. The van der Waals surface area contributed by atoms with Gasteiger partial charge in [0.15, 0.2) is 11.6 Å². The van der Waals surface area contributed by atoms with E-state index in [1.807, 2.05) is 12.1 Å². The molecule has 0 aliphatic heterocycles. The van der Waals surface area contributed by atoms with E-state index in [-0.39, 0.29) is 18.2 Å². The zero-order valence-electron chi connectivity index (χ0n) is 13.4. The molecule has 0 atom stereocenters. The Labute approximate surface area is 137 Å². The third-order valence-electron chi connectivity index (χ3n) is 4.16. The first kappa shape index (κ1) is 17.1. The molecule has 1 N–H and O–H groups in total. The van der Waals surface area contributed by atoms with E-state index >= 15 is 0 Å². The molecule has 0 aliphatic rings. The molecule has 0 saturated carbocycles. The Morgan fingerprint density at radius 1 is 0.826 bits per heavy atom. The number of carbonyl (C=O) groups excluding carboxylic acids is 2. The third-order valence-corrected chi connectivity index (χ3v) is 4.16. The van der Waals surface area contributed by atoms with Gasteiger partial charge >= 0.3 is 0 Å². The van der Waals surface area contributed by atoms with Crippen LogP contribution in [0.5, 0.6) is 0 Å². The lowest BCUT2D eigenvalue weighted by Crippen LogP contribution is -2.37. The van der Waals surface area contributed by atoms with Crippen LogP contribution in [0.3, 0.4) is 0 Å². The highest BCUT2D eigenvalue weighted by Crippen LogP contribution is 2.33. The maximum atomic E-state index is 13.0. The molecule has 0 bridgehead atoms. The summed E-state index contributed by atoms with van der Waals surface area (Å²) in [6, 6.07) is 17.9. The summed E-state index contributed by atoms with van der Waals surface area (Å²) in [5, 5.41) is 9.00. The number of unbranched alkanes of at least 4 members (excludes halogenated alkanes) is 1. The first-order chi connectivity index (χ1) is 11.1. The van der Waals surface area contributed by atoms with Gasteiger partial charge in [-0.15, -0.1) is 0 Å². The number of hydrogen-bond donors (Lipinski definition) is 1. The zero-order valence-corrected chi connectivity index (χ0v) is 13.4. The van der Waals surface area contributed by atoms with E-state index in [0.717, 1.165) is 0 Å². The minimum atomic E-state index is -1.11. The van der Waals surface area contributed by atoms with E-state index in [0.29, 0.717) is 30.4 Å². The molecule has 0 spiro atoms. The average molecular weight is 310 g/mol. The molecule has 3 heteroatoms. The first-order valence-corrected chi connectivity index (χ1v) is 7.90. The Kier molecular flexibility index (Phi) is 5.83. The van der Waals surface area contributed by atoms with Crippen molar-refractivity contribution in [3.63, 3.8) is 0 Å². The molecule has 2 aromatic carbocycles. The van der Waals surface area contributed by atoms with Gasteiger partial charge in [0.05, 0.1) is 5.41 Å². The van der Waals surface area contributed by atoms with Crippen molar-refractivity contribution in [1.29, 1.82) is 0 Å². The fourth-order valence-corrected chi connectivity index (χ4v) is 2.74. The van der Waals surface area contributed by atoms with Gasteiger partial charge in [0.25, 0.3) is 0 Å². The molecule has 0 aromatic heterocycles. The molecule has 0 amide bonds. The fraction of sp³-hybridized carbons (Fsp3) is 0.300. The molecule has 0 saturated heterocycles. The quantitative estimate of drug-likeness (QED) is 0.457. The largest absolute Gasteiger partial charge is 0.396 e. The van der Waals surface area contributed by atoms with Gasteiger partial charge in [-0.3, -0.25) is 9.59 Å². The predicted molar refractivity (Wildman–Crippen MR) is 90.6 cm³/mol. The molecule has 0 heterocycles. The molecular formula is C20H22O3. The lowest BCUT2D eigenvalue weighted by atomic mass is 9.72. The highest BCUT2D eigenvalue weighted by molar-refractivity contribution is 6.19. The van der Waals surface area contributed by atoms with Gasteiger partial charge in [0, 0.05) is 17.7 Å². The summed E-state index contributed by atoms with van der Waals surface area (Å²) in [7, 11) is 0. The smallest absolute Gasteiger partial charge is 0.176 e. The van der Waals surface area contributed by atoms with Crippen molar-refractivity contribution in [2.75, 3.05) is 6.61 Å². The third kappa shape index (κ3) is 3.93.